The number of fused-ring (bicyclic) bond motifs is 1. The van der Waals surface area contributed by atoms with Gasteiger partial charge in [-0.15, -0.1) is 0 Å². The minimum Gasteiger partial charge on any atom is -0.376 e. The van der Waals surface area contributed by atoms with Crippen LogP contribution in [0.3, 0.4) is 0 Å². The van der Waals surface area contributed by atoms with E-state index in [2.05, 4.69) is 15.7 Å². The maximum atomic E-state index is 12.5. The molecule has 154 valence electrons. The maximum absolute atomic E-state index is 12.5. The van der Waals surface area contributed by atoms with Gasteiger partial charge < -0.3 is 15.4 Å². The number of carbonyl (C=O) groups is 2. The average Bonchev–Trinajstić information content (AvgIpc) is 3.36. The van der Waals surface area contributed by atoms with E-state index in [1.54, 1.807) is 0 Å². The lowest BCUT2D eigenvalue weighted by atomic mass is 10.2. The molecule has 2 aromatic rings. The normalized spacial score (nSPS) is 19.7. The highest BCUT2D eigenvalue weighted by molar-refractivity contribution is 7.90. The quantitative estimate of drug-likeness (QED) is 0.710. The number of ether oxygens (including phenoxy) is 1. The number of hydrogen-bond donors (Lipinski definition) is 2. The molecule has 2 aliphatic heterocycles. The molecule has 1 unspecified atom stereocenters. The van der Waals surface area contributed by atoms with Crippen molar-refractivity contribution in [2.75, 3.05) is 18.5 Å². The summed E-state index contributed by atoms with van der Waals surface area (Å²) >= 11 is 0. The second-order valence-corrected chi connectivity index (χ2v) is 9.42. The predicted octanol–water partition coefficient (Wildman–Crippen LogP) is 0.843. The summed E-state index contributed by atoms with van der Waals surface area (Å²) in [5, 5.41) is 9.50. The summed E-state index contributed by atoms with van der Waals surface area (Å²) in [6.07, 6.45) is 1.69. The van der Waals surface area contributed by atoms with Gasteiger partial charge in [0, 0.05) is 18.7 Å². The SMILES string of the molecule is Cc1ccc(-n2nc3c(c2NC(=O)C(=O)NCC2CCCO2)CS(=O)(=O)C3)cc1. The largest absolute Gasteiger partial charge is 0.376 e. The van der Waals surface area contributed by atoms with Gasteiger partial charge in [-0.25, -0.2) is 13.1 Å². The second-order valence-electron chi connectivity index (χ2n) is 7.35. The molecule has 2 amide bonds. The van der Waals surface area contributed by atoms with Gasteiger partial charge in [-0.1, -0.05) is 17.7 Å². The third kappa shape index (κ3) is 4.18. The van der Waals surface area contributed by atoms with Crippen LogP contribution in [0.4, 0.5) is 5.82 Å². The summed E-state index contributed by atoms with van der Waals surface area (Å²) in [6.45, 7) is 2.86. The van der Waals surface area contributed by atoms with Crippen LogP contribution in [0.15, 0.2) is 24.3 Å². The molecule has 3 heterocycles. The van der Waals surface area contributed by atoms with Crippen LogP contribution in [-0.4, -0.2) is 49.3 Å². The average molecular weight is 418 g/mol. The number of aryl methyl sites for hydroxylation is 1. The monoisotopic (exact) mass is 418 g/mol. The molecule has 10 heteroatoms. The Balaban J connectivity index is 1.57. The minimum absolute atomic E-state index is 0.0840. The fraction of sp³-hybridized carbons (Fsp3) is 0.421. The zero-order valence-electron chi connectivity index (χ0n) is 16.0. The van der Waals surface area contributed by atoms with E-state index in [1.165, 1.54) is 4.68 Å². The highest BCUT2D eigenvalue weighted by atomic mass is 32.2. The van der Waals surface area contributed by atoms with Gasteiger partial charge >= 0.3 is 11.8 Å². The lowest BCUT2D eigenvalue weighted by Crippen LogP contribution is -2.39. The molecular formula is C19H22N4O5S. The first-order valence-corrected chi connectivity index (χ1v) is 11.2. The first-order valence-electron chi connectivity index (χ1n) is 9.41. The second kappa shape index (κ2) is 7.60. The van der Waals surface area contributed by atoms with Crippen LogP contribution in [0.2, 0.25) is 0 Å². The summed E-state index contributed by atoms with van der Waals surface area (Å²) in [4.78, 5) is 24.7. The van der Waals surface area contributed by atoms with Crippen molar-refractivity contribution in [1.29, 1.82) is 0 Å². The fourth-order valence-corrected chi connectivity index (χ4v) is 4.99. The molecule has 1 atom stereocenters. The van der Waals surface area contributed by atoms with Crippen LogP contribution in [0.5, 0.6) is 0 Å². The Bertz CT molecular complexity index is 1050. The number of benzene rings is 1. The molecule has 2 aliphatic rings. The molecule has 1 saturated heterocycles. The summed E-state index contributed by atoms with van der Waals surface area (Å²) in [7, 11) is -3.31. The van der Waals surface area contributed by atoms with Gasteiger partial charge in [0.2, 0.25) is 0 Å². The topological polar surface area (TPSA) is 119 Å². The van der Waals surface area contributed by atoms with E-state index in [-0.39, 0.29) is 30.0 Å². The molecule has 9 nitrogen and oxygen atoms in total. The number of aromatic nitrogens is 2. The van der Waals surface area contributed by atoms with Gasteiger partial charge in [-0.3, -0.25) is 9.59 Å². The molecule has 0 saturated carbocycles. The lowest BCUT2D eigenvalue weighted by molar-refractivity contribution is -0.136. The van der Waals surface area contributed by atoms with Crippen molar-refractivity contribution >= 4 is 27.5 Å². The number of carbonyl (C=O) groups excluding carboxylic acids is 2. The van der Waals surface area contributed by atoms with E-state index < -0.39 is 21.7 Å². The Morgan fingerprint density at radius 2 is 1.97 bits per heavy atom. The number of rotatable bonds is 4. The summed E-state index contributed by atoms with van der Waals surface area (Å²) in [6, 6.07) is 7.41. The number of nitrogens with one attached hydrogen (secondary N) is 2. The number of amides is 2. The van der Waals surface area contributed by atoms with Crippen molar-refractivity contribution in [2.45, 2.75) is 37.4 Å². The van der Waals surface area contributed by atoms with E-state index in [1.807, 2.05) is 31.2 Å². The highest BCUT2D eigenvalue weighted by Crippen LogP contribution is 2.33. The van der Waals surface area contributed by atoms with E-state index in [4.69, 9.17) is 4.74 Å². The molecule has 1 aromatic carbocycles. The Morgan fingerprint density at radius 1 is 1.21 bits per heavy atom. The third-order valence-corrected chi connectivity index (χ3v) is 6.46. The van der Waals surface area contributed by atoms with Gasteiger partial charge in [0.25, 0.3) is 0 Å². The van der Waals surface area contributed by atoms with Crippen molar-refractivity contribution < 1.29 is 22.7 Å². The van der Waals surface area contributed by atoms with Gasteiger partial charge in [0.1, 0.15) is 5.82 Å². The van der Waals surface area contributed by atoms with Crippen LogP contribution < -0.4 is 10.6 Å². The highest BCUT2D eigenvalue weighted by Gasteiger charge is 2.34. The maximum Gasteiger partial charge on any atom is 0.314 e. The lowest BCUT2D eigenvalue weighted by Gasteiger charge is -2.13. The molecule has 1 aromatic heterocycles. The van der Waals surface area contributed by atoms with Crippen molar-refractivity contribution in [3.63, 3.8) is 0 Å². The van der Waals surface area contributed by atoms with Crippen LogP contribution in [0.1, 0.15) is 29.7 Å². The summed E-state index contributed by atoms with van der Waals surface area (Å²) in [5.74, 6) is -1.87. The van der Waals surface area contributed by atoms with Gasteiger partial charge in [0.05, 0.1) is 29.0 Å². The number of nitrogens with zero attached hydrogens (tertiary/aromatic N) is 2. The Labute approximate surface area is 168 Å². The Morgan fingerprint density at radius 3 is 2.66 bits per heavy atom. The molecule has 1 fully saturated rings. The van der Waals surface area contributed by atoms with Crippen LogP contribution in [-0.2, 0) is 35.7 Å². The van der Waals surface area contributed by atoms with Gasteiger partial charge in [-0.2, -0.15) is 5.10 Å². The molecule has 0 aliphatic carbocycles. The minimum atomic E-state index is -3.31. The van der Waals surface area contributed by atoms with Crippen molar-refractivity contribution in [3.05, 3.63) is 41.1 Å². The molecule has 0 spiro atoms. The predicted molar refractivity (Wildman–Crippen MR) is 105 cm³/mol. The molecule has 4 rings (SSSR count). The molecule has 0 bridgehead atoms. The number of sulfone groups is 1. The molecule has 0 radical (unpaired) electrons. The first-order chi connectivity index (χ1) is 13.8. The Kier molecular flexibility index (Phi) is 5.13. The molecular weight excluding hydrogens is 396 g/mol. The van der Waals surface area contributed by atoms with Crippen LogP contribution in [0, 0.1) is 6.92 Å². The van der Waals surface area contributed by atoms with Crippen molar-refractivity contribution in [3.8, 4) is 5.69 Å². The van der Waals surface area contributed by atoms with E-state index >= 15 is 0 Å². The summed E-state index contributed by atoms with van der Waals surface area (Å²) in [5.41, 5.74) is 2.53. The van der Waals surface area contributed by atoms with Gasteiger partial charge in [-0.05, 0) is 31.9 Å². The summed E-state index contributed by atoms with van der Waals surface area (Å²) < 4.78 is 30.9. The van der Waals surface area contributed by atoms with Crippen molar-refractivity contribution in [2.24, 2.45) is 0 Å². The smallest absolute Gasteiger partial charge is 0.314 e. The van der Waals surface area contributed by atoms with E-state index in [0.717, 1.165) is 18.4 Å². The number of hydrogen-bond acceptors (Lipinski definition) is 6. The molecule has 29 heavy (non-hydrogen) atoms. The fourth-order valence-electron chi connectivity index (χ4n) is 3.50. The van der Waals surface area contributed by atoms with Crippen LogP contribution in [0.25, 0.3) is 5.69 Å². The van der Waals surface area contributed by atoms with E-state index in [0.29, 0.717) is 23.6 Å². The third-order valence-electron chi connectivity index (χ3n) is 5.02. The standard InChI is InChI=1S/C19H22N4O5S/c1-12-4-6-13(7-5-12)23-17(15-10-29(26,27)11-16(15)22-23)21-19(25)18(24)20-9-14-3-2-8-28-14/h4-7,14H,2-3,8-11H2,1H3,(H,20,24)(H,21,25). The van der Waals surface area contributed by atoms with Crippen molar-refractivity contribution in [1.82, 2.24) is 15.1 Å². The zero-order valence-corrected chi connectivity index (χ0v) is 16.8. The molecule has 2 N–H and O–H groups in total. The Hall–Kier alpha value is -2.72. The van der Waals surface area contributed by atoms with Gasteiger partial charge in [0.15, 0.2) is 9.84 Å². The van der Waals surface area contributed by atoms with Crippen LogP contribution >= 0.6 is 0 Å². The van der Waals surface area contributed by atoms with E-state index in [9.17, 15) is 18.0 Å². The number of anilines is 1. The zero-order chi connectivity index (χ0) is 20.6. The first kappa shape index (κ1) is 19.6.